The molecule has 0 saturated heterocycles. The highest BCUT2D eigenvalue weighted by atomic mass is 16.5. The van der Waals surface area contributed by atoms with Gasteiger partial charge in [-0.3, -0.25) is 9.59 Å². The second-order valence-corrected chi connectivity index (χ2v) is 4.38. The molecule has 0 aliphatic rings. The Morgan fingerprint density at radius 2 is 1.45 bits per heavy atom. The Labute approximate surface area is 121 Å². The van der Waals surface area contributed by atoms with Crippen molar-refractivity contribution in [1.82, 2.24) is 4.90 Å². The summed E-state index contributed by atoms with van der Waals surface area (Å²) < 4.78 is 10.5. The van der Waals surface area contributed by atoms with Gasteiger partial charge >= 0.3 is 5.97 Å². The molecule has 20 heavy (non-hydrogen) atoms. The highest BCUT2D eigenvalue weighted by Gasteiger charge is 2.13. The monoisotopic (exact) mass is 289 g/mol. The Balaban J connectivity index is 4.00. The Morgan fingerprint density at radius 1 is 0.950 bits per heavy atom. The Kier molecular flexibility index (Phi) is 12.1. The van der Waals surface area contributed by atoms with Crippen LogP contribution in [0.1, 0.15) is 39.5 Å². The SMILES string of the molecule is CCOCCN(CCOCC)C(=O)CCCCC(=O)O. The lowest BCUT2D eigenvalue weighted by Crippen LogP contribution is -2.36. The van der Waals surface area contributed by atoms with E-state index in [1.807, 2.05) is 13.8 Å². The fourth-order valence-electron chi connectivity index (χ4n) is 1.71. The lowest BCUT2D eigenvalue weighted by molar-refractivity contribution is -0.137. The normalized spacial score (nSPS) is 10.5. The molecule has 0 bridgehead atoms. The molecule has 0 aromatic heterocycles. The van der Waals surface area contributed by atoms with Crippen molar-refractivity contribution in [2.75, 3.05) is 39.5 Å². The van der Waals surface area contributed by atoms with E-state index in [-0.39, 0.29) is 12.3 Å². The van der Waals surface area contributed by atoms with Crippen LogP contribution in [0.3, 0.4) is 0 Å². The first-order valence-corrected chi connectivity index (χ1v) is 7.26. The Morgan fingerprint density at radius 3 is 1.90 bits per heavy atom. The summed E-state index contributed by atoms with van der Waals surface area (Å²) in [5, 5.41) is 8.55. The number of nitrogens with zero attached hydrogens (tertiary/aromatic N) is 1. The molecule has 0 spiro atoms. The fourth-order valence-corrected chi connectivity index (χ4v) is 1.71. The number of aliphatic carboxylic acids is 1. The molecule has 0 heterocycles. The topological polar surface area (TPSA) is 76.1 Å². The largest absolute Gasteiger partial charge is 0.481 e. The molecule has 0 aliphatic heterocycles. The van der Waals surface area contributed by atoms with Gasteiger partial charge in [0.2, 0.25) is 5.91 Å². The van der Waals surface area contributed by atoms with Gasteiger partial charge in [-0.25, -0.2) is 0 Å². The van der Waals surface area contributed by atoms with E-state index < -0.39 is 5.97 Å². The summed E-state index contributed by atoms with van der Waals surface area (Å²) in [5.74, 6) is -0.781. The Hall–Kier alpha value is -1.14. The van der Waals surface area contributed by atoms with Crippen molar-refractivity contribution in [3.63, 3.8) is 0 Å². The second-order valence-electron chi connectivity index (χ2n) is 4.38. The third-order valence-corrected chi connectivity index (χ3v) is 2.80. The molecule has 1 amide bonds. The third-order valence-electron chi connectivity index (χ3n) is 2.80. The van der Waals surface area contributed by atoms with E-state index in [2.05, 4.69) is 0 Å². The first kappa shape index (κ1) is 18.9. The molecule has 0 fully saturated rings. The minimum Gasteiger partial charge on any atom is -0.481 e. The van der Waals surface area contributed by atoms with Crippen molar-refractivity contribution < 1.29 is 24.2 Å². The molecule has 0 aromatic rings. The number of rotatable bonds is 13. The number of ether oxygens (including phenoxy) is 2. The van der Waals surface area contributed by atoms with E-state index in [1.54, 1.807) is 4.90 Å². The van der Waals surface area contributed by atoms with Crippen LogP contribution in [0.5, 0.6) is 0 Å². The molecule has 0 unspecified atom stereocenters. The van der Waals surface area contributed by atoms with Crippen LogP contribution in [0.25, 0.3) is 0 Å². The number of carbonyl (C=O) groups excluding carboxylic acids is 1. The molecular formula is C14H27NO5. The van der Waals surface area contributed by atoms with E-state index in [1.165, 1.54) is 0 Å². The van der Waals surface area contributed by atoms with Crippen LogP contribution < -0.4 is 0 Å². The number of carbonyl (C=O) groups is 2. The summed E-state index contributed by atoms with van der Waals surface area (Å²) in [4.78, 5) is 24.2. The lowest BCUT2D eigenvalue weighted by Gasteiger charge is -2.22. The van der Waals surface area contributed by atoms with Gasteiger partial charge in [-0.05, 0) is 26.7 Å². The first-order valence-electron chi connectivity index (χ1n) is 7.26. The van der Waals surface area contributed by atoms with E-state index >= 15 is 0 Å². The van der Waals surface area contributed by atoms with Gasteiger partial charge in [0, 0.05) is 39.1 Å². The van der Waals surface area contributed by atoms with Crippen molar-refractivity contribution in [1.29, 1.82) is 0 Å². The van der Waals surface area contributed by atoms with Crippen LogP contribution in [0, 0.1) is 0 Å². The number of amides is 1. The standard InChI is InChI=1S/C14H27NO5/c1-3-19-11-9-15(10-12-20-4-2)13(16)7-5-6-8-14(17)18/h3-12H2,1-2H3,(H,17,18). The molecule has 0 aliphatic carbocycles. The van der Waals surface area contributed by atoms with Gasteiger partial charge < -0.3 is 19.5 Å². The maximum atomic E-state index is 12.0. The predicted octanol–water partition coefficient (Wildman–Crippen LogP) is 1.53. The molecule has 6 nitrogen and oxygen atoms in total. The molecule has 118 valence electrons. The van der Waals surface area contributed by atoms with Crippen LogP contribution in [-0.4, -0.2) is 61.4 Å². The van der Waals surface area contributed by atoms with Crippen LogP contribution in [0.15, 0.2) is 0 Å². The van der Waals surface area contributed by atoms with Gasteiger partial charge in [0.15, 0.2) is 0 Å². The minimum atomic E-state index is -0.818. The average molecular weight is 289 g/mol. The van der Waals surface area contributed by atoms with Gasteiger partial charge in [0.25, 0.3) is 0 Å². The summed E-state index contributed by atoms with van der Waals surface area (Å²) in [5.41, 5.74) is 0. The number of carboxylic acids is 1. The van der Waals surface area contributed by atoms with Crippen LogP contribution in [-0.2, 0) is 19.1 Å². The second kappa shape index (κ2) is 12.9. The number of hydrogen-bond acceptors (Lipinski definition) is 4. The minimum absolute atomic E-state index is 0.0368. The highest BCUT2D eigenvalue weighted by molar-refractivity contribution is 5.76. The molecular weight excluding hydrogens is 262 g/mol. The van der Waals surface area contributed by atoms with E-state index in [9.17, 15) is 9.59 Å². The van der Waals surface area contributed by atoms with E-state index in [4.69, 9.17) is 14.6 Å². The molecule has 0 rings (SSSR count). The van der Waals surface area contributed by atoms with E-state index in [0.29, 0.717) is 58.8 Å². The van der Waals surface area contributed by atoms with Crippen LogP contribution in [0.2, 0.25) is 0 Å². The van der Waals surface area contributed by atoms with Crippen molar-refractivity contribution in [3.8, 4) is 0 Å². The summed E-state index contributed by atoms with van der Waals surface area (Å²) in [6, 6.07) is 0. The third kappa shape index (κ3) is 10.8. The molecule has 0 aromatic carbocycles. The summed E-state index contributed by atoms with van der Waals surface area (Å²) in [6.45, 7) is 7.24. The van der Waals surface area contributed by atoms with Gasteiger partial charge in [-0.1, -0.05) is 0 Å². The van der Waals surface area contributed by atoms with E-state index in [0.717, 1.165) is 0 Å². The van der Waals surface area contributed by atoms with Crippen molar-refractivity contribution >= 4 is 11.9 Å². The summed E-state index contributed by atoms with van der Waals surface area (Å²) >= 11 is 0. The quantitative estimate of drug-likeness (QED) is 0.520. The van der Waals surface area contributed by atoms with Crippen LogP contribution in [0.4, 0.5) is 0 Å². The number of hydrogen-bond donors (Lipinski definition) is 1. The zero-order valence-electron chi connectivity index (χ0n) is 12.6. The maximum absolute atomic E-state index is 12.0. The zero-order chi connectivity index (χ0) is 15.2. The summed E-state index contributed by atoms with van der Waals surface area (Å²) in [7, 11) is 0. The van der Waals surface area contributed by atoms with Gasteiger partial charge in [-0.15, -0.1) is 0 Å². The average Bonchev–Trinajstić information content (AvgIpc) is 2.42. The van der Waals surface area contributed by atoms with Crippen molar-refractivity contribution in [2.24, 2.45) is 0 Å². The molecule has 1 N–H and O–H groups in total. The molecule has 0 radical (unpaired) electrons. The molecule has 0 saturated carbocycles. The van der Waals surface area contributed by atoms with Crippen molar-refractivity contribution in [2.45, 2.75) is 39.5 Å². The lowest BCUT2D eigenvalue weighted by atomic mass is 10.2. The first-order chi connectivity index (χ1) is 9.61. The Bertz CT molecular complexity index is 260. The zero-order valence-corrected chi connectivity index (χ0v) is 12.6. The highest BCUT2D eigenvalue weighted by Crippen LogP contribution is 2.04. The number of carboxylic acid groups (broad SMARTS) is 1. The van der Waals surface area contributed by atoms with Gasteiger partial charge in [0.1, 0.15) is 0 Å². The fraction of sp³-hybridized carbons (Fsp3) is 0.857. The van der Waals surface area contributed by atoms with Gasteiger partial charge in [0.05, 0.1) is 13.2 Å². The van der Waals surface area contributed by atoms with Crippen LogP contribution >= 0.6 is 0 Å². The molecule has 0 atom stereocenters. The number of unbranched alkanes of at least 4 members (excludes halogenated alkanes) is 1. The maximum Gasteiger partial charge on any atom is 0.303 e. The molecule has 6 heteroatoms. The summed E-state index contributed by atoms with van der Waals surface area (Å²) in [6.07, 6.45) is 1.63. The van der Waals surface area contributed by atoms with Crippen molar-refractivity contribution in [3.05, 3.63) is 0 Å². The van der Waals surface area contributed by atoms with Gasteiger partial charge in [-0.2, -0.15) is 0 Å². The predicted molar refractivity (Wildman–Crippen MR) is 75.7 cm³/mol. The smallest absolute Gasteiger partial charge is 0.303 e.